The number of hydrogen-bond acceptors (Lipinski definition) is 3. The van der Waals surface area contributed by atoms with Gasteiger partial charge in [0, 0.05) is 26.2 Å². The molecule has 0 aromatic rings. The van der Waals surface area contributed by atoms with Gasteiger partial charge in [-0.1, -0.05) is 20.8 Å². The van der Waals surface area contributed by atoms with Crippen molar-refractivity contribution < 1.29 is 4.74 Å². The molecule has 1 saturated heterocycles. The lowest BCUT2D eigenvalue weighted by Crippen LogP contribution is -2.42. The van der Waals surface area contributed by atoms with Crippen molar-refractivity contribution in [2.24, 2.45) is 5.41 Å². The number of hydrogen-bond donors (Lipinski definition) is 1. The number of rotatable bonds is 8. The summed E-state index contributed by atoms with van der Waals surface area (Å²) < 4.78 is 5.80. The lowest BCUT2D eigenvalue weighted by Gasteiger charge is -2.33. The second-order valence-corrected chi connectivity index (χ2v) is 6.53. The van der Waals surface area contributed by atoms with Crippen molar-refractivity contribution in [2.45, 2.75) is 52.6 Å². The lowest BCUT2D eigenvalue weighted by molar-refractivity contribution is -0.00617. The molecule has 0 amide bonds. The fraction of sp³-hybridized carbons (Fsp3) is 1.00. The van der Waals surface area contributed by atoms with Crippen LogP contribution in [0.1, 0.15) is 46.5 Å². The Bertz CT molecular complexity index is 213. The number of nitrogens with zero attached hydrogens (tertiary/aromatic N) is 1. The van der Waals surface area contributed by atoms with Crippen molar-refractivity contribution >= 4 is 0 Å². The van der Waals surface area contributed by atoms with Crippen LogP contribution in [0.4, 0.5) is 0 Å². The molecular weight excluding hydrogens is 224 g/mol. The Labute approximate surface area is 113 Å². The van der Waals surface area contributed by atoms with E-state index in [0.29, 0.717) is 11.5 Å². The Hall–Kier alpha value is -0.120. The molecule has 108 valence electrons. The molecule has 3 heteroatoms. The average molecular weight is 256 g/mol. The summed E-state index contributed by atoms with van der Waals surface area (Å²) in [6.45, 7) is 12.3. The first-order chi connectivity index (χ1) is 8.53. The summed E-state index contributed by atoms with van der Waals surface area (Å²) in [5.41, 5.74) is 0.332. The fourth-order valence-electron chi connectivity index (χ4n) is 2.75. The van der Waals surface area contributed by atoms with Gasteiger partial charge in [0.15, 0.2) is 0 Å². The highest BCUT2D eigenvalue weighted by atomic mass is 16.5. The van der Waals surface area contributed by atoms with Crippen LogP contribution in [0.15, 0.2) is 0 Å². The Kier molecular flexibility index (Phi) is 7.20. The van der Waals surface area contributed by atoms with Crippen LogP contribution < -0.4 is 5.32 Å². The molecule has 0 bridgehead atoms. The largest absolute Gasteiger partial charge is 0.377 e. The zero-order chi connectivity index (χ0) is 13.4. The third-order valence-corrected chi connectivity index (χ3v) is 3.52. The Balaban J connectivity index is 2.21. The molecule has 18 heavy (non-hydrogen) atoms. The molecule has 3 nitrogen and oxygen atoms in total. The molecule has 0 aromatic carbocycles. The van der Waals surface area contributed by atoms with Crippen LogP contribution in [0.25, 0.3) is 0 Å². The Morgan fingerprint density at radius 1 is 1.33 bits per heavy atom. The van der Waals surface area contributed by atoms with Crippen LogP contribution in [0, 0.1) is 5.41 Å². The quantitative estimate of drug-likeness (QED) is 0.675. The van der Waals surface area contributed by atoms with E-state index in [2.05, 4.69) is 38.0 Å². The topological polar surface area (TPSA) is 24.5 Å². The van der Waals surface area contributed by atoms with E-state index in [9.17, 15) is 0 Å². The summed E-state index contributed by atoms with van der Waals surface area (Å²) in [7, 11) is 2.22. The van der Waals surface area contributed by atoms with E-state index in [4.69, 9.17) is 4.74 Å². The van der Waals surface area contributed by atoms with Gasteiger partial charge in [-0.3, -0.25) is 0 Å². The number of likely N-dealkylation sites (N-methyl/N-ethyl adjacent to an activating group) is 1. The highest BCUT2D eigenvalue weighted by Gasteiger charge is 2.22. The minimum absolute atomic E-state index is 0.332. The summed E-state index contributed by atoms with van der Waals surface area (Å²) >= 11 is 0. The van der Waals surface area contributed by atoms with Gasteiger partial charge in [0.2, 0.25) is 0 Å². The average Bonchev–Trinajstić information content (AvgIpc) is 2.29. The molecule has 1 N–H and O–H groups in total. The lowest BCUT2D eigenvalue weighted by atomic mass is 9.92. The highest BCUT2D eigenvalue weighted by molar-refractivity contribution is 4.77. The monoisotopic (exact) mass is 256 g/mol. The third kappa shape index (κ3) is 6.72. The summed E-state index contributed by atoms with van der Waals surface area (Å²) in [5, 5.41) is 3.53. The summed E-state index contributed by atoms with van der Waals surface area (Å²) in [6.07, 6.45) is 5.48. The van der Waals surface area contributed by atoms with Gasteiger partial charge in [0.1, 0.15) is 0 Å². The maximum atomic E-state index is 5.80. The van der Waals surface area contributed by atoms with Crippen molar-refractivity contribution in [1.82, 2.24) is 10.2 Å². The van der Waals surface area contributed by atoms with Crippen LogP contribution in [-0.2, 0) is 4.74 Å². The Morgan fingerprint density at radius 2 is 2.11 bits per heavy atom. The summed E-state index contributed by atoms with van der Waals surface area (Å²) in [4.78, 5) is 2.43. The molecule has 1 atom stereocenters. The molecule has 1 rings (SSSR count). The first-order valence-electron chi connectivity index (χ1n) is 7.54. The number of ether oxygens (including phenoxy) is 1. The Morgan fingerprint density at radius 3 is 2.72 bits per heavy atom. The van der Waals surface area contributed by atoms with Crippen molar-refractivity contribution in [3.63, 3.8) is 0 Å². The van der Waals surface area contributed by atoms with Crippen molar-refractivity contribution in [3.05, 3.63) is 0 Å². The molecule has 0 aromatic heterocycles. The van der Waals surface area contributed by atoms with Crippen LogP contribution in [0.3, 0.4) is 0 Å². The van der Waals surface area contributed by atoms with Gasteiger partial charge in [0.05, 0.1) is 6.10 Å². The molecule has 1 aliphatic heterocycles. The van der Waals surface area contributed by atoms with Gasteiger partial charge in [0.25, 0.3) is 0 Å². The molecule has 1 unspecified atom stereocenters. The van der Waals surface area contributed by atoms with Gasteiger partial charge in [-0.15, -0.1) is 0 Å². The SMILES string of the molecule is CCCNCC(C)(C)CN(C)CC1CCCCO1. The summed E-state index contributed by atoms with van der Waals surface area (Å²) in [6, 6.07) is 0. The summed E-state index contributed by atoms with van der Waals surface area (Å²) in [5.74, 6) is 0. The minimum Gasteiger partial charge on any atom is -0.377 e. The standard InChI is InChI=1S/C15H32N2O/c1-5-9-16-12-15(2,3)13-17(4)11-14-8-6-7-10-18-14/h14,16H,5-13H2,1-4H3. The number of nitrogens with one attached hydrogen (secondary N) is 1. The van der Waals surface area contributed by atoms with E-state index in [0.717, 1.165) is 32.8 Å². The molecular formula is C15H32N2O. The first-order valence-corrected chi connectivity index (χ1v) is 7.54. The van der Waals surface area contributed by atoms with E-state index in [1.807, 2.05) is 0 Å². The second kappa shape index (κ2) is 8.13. The normalized spacial score (nSPS) is 21.5. The molecule has 1 fully saturated rings. The van der Waals surface area contributed by atoms with E-state index in [-0.39, 0.29) is 0 Å². The zero-order valence-electron chi connectivity index (χ0n) is 12.8. The van der Waals surface area contributed by atoms with E-state index >= 15 is 0 Å². The molecule has 1 aliphatic rings. The smallest absolute Gasteiger partial charge is 0.0701 e. The third-order valence-electron chi connectivity index (χ3n) is 3.52. The highest BCUT2D eigenvalue weighted by Crippen LogP contribution is 2.18. The molecule has 0 spiro atoms. The van der Waals surface area contributed by atoms with Gasteiger partial charge < -0.3 is 15.0 Å². The van der Waals surface area contributed by atoms with Crippen LogP contribution >= 0.6 is 0 Å². The first kappa shape index (κ1) is 15.9. The maximum Gasteiger partial charge on any atom is 0.0701 e. The van der Waals surface area contributed by atoms with Crippen molar-refractivity contribution in [1.29, 1.82) is 0 Å². The molecule has 0 radical (unpaired) electrons. The van der Waals surface area contributed by atoms with E-state index in [1.165, 1.54) is 25.7 Å². The van der Waals surface area contributed by atoms with Gasteiger partial charge in [-0.2, -0.15) is 0 Å². The van der Waals surface area contributed by atoms with Crippen LogP contribution in [0.2, 0.25) is 0 Å². The fourth-order valence-corrected chi connectivity index (χ4v) is 2.75. The van der Waals surface area contributed by atoms with Crippen molar-refractivity contribution in [3.8, 4) is 0 Å². The van der Waals surface area contributed by atoms with Gasteiger partial charge >= 0.3 is 0 Å². The molecule has 1 heterocycles. The predicted molar refractivity (Wildman–Crippen MR) is 78.0 cm³/mol. The molecule has 0 aliphatic carbocycles. The van der Waals surface area contributed by atoms with E-state index in [1.54, 1.807) is 0 Å². The van der Waals surface area contributed by atoms with Crippen molar-refractivity contribution in [2.75, 3.05) is 39.8 Å². The predicted octanol–water partition coefficient (Wildman–Crippen LogP) is 2.51. The van der Waals surface area contributed by atoms with Gasteiger partial charge in [-0.25, -0.2) is 0 Å². The molecule has 0 saturated carbocycles. The van der Waals surface area contributed by atoms with E-state index < -0.39 is 0 Å². The zero-order valence-corrected chi connectivity index (χ0v) is 12.8. The maximum absolute atomic E-state index is 5.80. The second-order valence-electron chi connectivity index (χ2n) is 6.53. The van der Waals surface area contributed by atoms with Crippen LogP contribution in [-0.4, -0.2) is 50.8 Å². The van der Waals surface area contributed by atoms with Gasteiger partial charge in [-0.05, 0) is 44.7 Å². The minimum atomic E-state index is 0.332. The van der Waals surface area contributed by atoms with Crippen LogP contribution in [0.5, 0.6) is 0 Å².